The molecule has 187 valence electrons. The van der Waals surface area contributed by atoms with E-state index in [1.807, 2.05) is 66.9 Å². The fourth-order valence-electron chi connectivity index (χ4n) is 4.77. The third kappa shape index (κ3) is 7.32. The Morgan fingerprint density at radius 3 is 1.84 bits per heavy atom. The summed E-state index contributed by atoms with van der Waals surface area (Å²) in [5.41, 5.74) is 8.00. The molecule has 6 rings (SSSR count). The molecule has 5 aromatic rings. The van der Waals surface area contributed by atoms with Crippen LogP contribution in [0.1, 0.15) is 43.6 Å². The van der Waals surface area contributed by atoms with Crippen molar-refractivity contribution in [3.05, 3.63) is 133 Å². The molecule has 0 amide bonds. The number of pyridine rings is 2. The SMILES string of the molecule is [Ir].[c-]1ccccc1-c1cc(-c2ccc(C3CCCCC3)cc2)ccn1.[c-]1ccccc1-c1ccccn1. The number of aromatic nitrogens is 2. The van der Waals surface area contributed by atoms with Gasteiger partial charge in [0.15, 0.2) is 0 Å². The van der Waals surface area contributed by atoms with Crippen LogP contribution in [0.3, 0.4) is 0 Å². The standard InChI is InChI=1S/C23H22N.C11H8N.Ir/c1-3-7-18(8-4-1)19-11-13-20(14-12-19)22-15-16-24-23(17-22)21-9-5-2-6-10-21;1-2-6-10(7-3-1)11-8-4-5-9-12-11;/h2,5-6,9,11-18H,1,3-4,7-8H2;1-6,8-9H;/q2*-1;. The molecule has 0 bridgehead atoms. The maximum Gasteiger partial charge on any atom is 0.0166 e. The molecule has 1 aliphatic carbocycles. The Bertz CT molecular complexity index is 1290. The smallest absolute Gasteiger partial charge is 0.0166 e. The van der Waals surface area contributed by atoms with Gasteiger partial charge in [-0.05, 0) is 59.0 Å². The third-order valence-electron chi connectivity index (χ3n) is 6.72. The molecule has 0 spiro atoms. The molecule has 2 heterocycles. The van der Waals surface area contributed by atoms with Crippen molar-refractivity contribution in [3.8, 4) is 33.6 Å². The van der Waals surface area contributed by atoms with E-state index < -0.39 is 0 Å². The van der Waals surface area contributed by atoms with Crippen LogP contribution in [-0.4, -0.2) is 9.97 Å². The molecule has 0 unspecified atom stereocenters. The van der Waals surface area contributed by atoms with E-state index in [0.29, 0.717) is 0 Å². The van der Waals surface area contributed by atoms with Gasteiger partial charge in [-0.25, -0.2) is 0 Å². The van der Waals surface area contributed by atoms with Gasteiger partial charge in [0.05, 0.1) is 0 Å². The van der Waals surface area contributed by atoms with Gasteiger partial charge >= 0.3 is 0 Å². The predicted molar refractivity (Wildman–Crippen MR) is 148 cm³/mol. The second-order valence-corrected chi connectivity index (χ2v) is 9.15. The van der Waals surface area contributed by atoms with Crippen molar-refractivity contribution in [2.24, 2.45) is 0 Å². The van der Waals surface area contributed by atoms with Gasteiger partial charge in [-0.15, -0.1) is 71.8 Å². The molecule has 1 saturated carbocycles. The molecule has 1 fully saturated rings. The Morgan fingerprint density at radius 2 is 1.22 bits per heavy atom. The van der Waals surface area contributed by atoms with Crippen molar-refractivity contribution < 1.29 is 20.1 Å². The number of nitrogens with zero attached hydrogens (tertiary/aromatic N) is 2. The molecular weight excluding hydrogens is 629 g/mol. The molecule has 1 radical (unpaired) electrons. The largest absolute Gasteiger partial charge is 0.305 e. The molecule has 0 aliphatic heterocycles. The topological polar surface area (TPSA) is 25.8 Å². The number of hydrogen-bond donors (Lipinski definition) is 0. The number of hydrogen-bond acceptors (Lipinski definition) is 2. The van der Waals surface area contributed by atoms with Gasteiger partial charge in [-0.3, -0.25) is 0 Å². The summed E-state index contributed by atoms with van der Waals surface area (Å²) in [7, 11) is 0. The third-order valence-corrected chi connectivity index (χ3v) is 6.72. The van der Waals surface area contributed by atoms with Gasteiger partial charge in [0.1, 0.15) is 0 Å². The molecule has 3 aromatic carbocycles. The first-order valence-corrected chi connectivity index (χ1v) is 12.8. The summed E-state index contributed by atoms with van der Waals surface area (Å²) in [6.45, 7) is 0. The summed E-state index contributed by atoms with van der Waals surface area (Å²) in [5.74, 6) is 0.764. The molecule has 0 N–H and O–H groups in total. The molecule has 0 saturated heterocycles. The summed E-state index contributed by atoms with van der Waals surface area (Å²) in [6, 6.07) is 41.5. The first-order valence-electron chi connectivity index (χ1n) is 12.8. The predicted octanol–water partition coefficient (Wildman–Crippen LogP) is 8.81. The van der Waals surface area contributed by atoms with Crippen LogP contribution in [0.4, 0.5) is 0 Å². The summed E-state index contributed by atoms with van der Waals surface area (Å²) < 4.78 is 0. The monoisotopic (exact) mass is 659 g/mol. The fourth-order valence-corrected chi connectivity index (χ4v) is 4.77. The van der Waals surface area contributed by atoms with E-state index in [1.54, 1.807) is 6.20 Å². The van der Waals surface area contributed by atoms with Gasteiger partial charge in [-0.1, -0.05) is 61.7 Å². The first kappa shape index (κ1) is 26.7. The number of benzene rings is 3. The van der Waals surface area contributed by atoms with Gasteiger partial charge in [0.2, 0.25) is 0 Å². The summed E-state index contributed by atoms with van der Waals surface area (Å²) >= 11 is 0. The molecule has 0 atom stereocenters. The zero-order chi connectivity index (χ0) is 24.4. The van der Waals surface area contributed by atoms with Gasteiger partial charge < -0.3 is 9.97 Å². The van der Waals surface area contributed by atoms with E-state index in [-0.39, 0.29) is 20.1 Å². The Hall–Kier alpha value is -3.39. The van der Waals surface area contributed by atoms with Crippen LogP contribution in [0.5, 0.6) is 0 Å². The average Bonchev–Trinajstić information content (AvgIpc) is 2.99. The second-order valence-electron chi connectivity index (χ2n) is 9.15. The minimum atomic E-state index is 0. The van der Waals surface area contributed by atoms with E-state index in [9.17, 15) is 0 Å². The summed E-state index contributed by atoms with van der Waals surface area (Å²) in [6.07, 6.45) is 10.5. The van der Waals surface area contributed by atoms with Crippen LogP contribution in [0.15, 0.2) is 116 Å². The van der Waals surface area contributed by atoms with Crippen molar-refractivity contribution in [3.63, 3.8) is 0 Å². The van der Waals surface area contributed by atoms with E-state index in [0.717, 1.165) is 28.4 Å². The Balaban J connectivity index is 0.000000208. The van der Waals surface area contributed by atoms with Crippen molar-refractivity contribution in [2.45, 2.75) is 38.0 Å². The van der Waals surface area contributed by atoms with Crippen molar-refractivity contribution in [1.29, 1.82) is 0 Å². The molecule has 2 nitrogen and oxygen atoms in total. The fraction of sp³-hybridized carbons (Fsp3) is 0.176. The van der Waals surface area contributed by atoms with Crippen LogP contribution >= 0.6 is 0 Å². The molecule has 1 aliphatic rings. The Kier molecular flexibility index (Phi) is 9.94. The van der Waals surface area contributed by atoms with Crippen molar-refractivity contribution in [1.82, 2.24) is 9.97 Å². The van der Waals surface area contributed by atoms with Crippen LogP contribution in [0.2, 0.25) is 0 Å². The van der Waals surface area contributed by atoms with E-state index >= 15 is 0 Å². The van der Waals surface area contributed by atoms with Gasteiger partial charge in [-0.2, -0.15) is 0 Å². The summed E-state index contributed by atoms with van der Waals surface area (Å²) in [4.78, 5) is 8.71. The molecule has 3 heteroatoms. The van der Waals surface area contributed by atoms with Crippen molar-refractivity contribution in [2.75, 3.05) is 0 Å². The van der Waals surface area contributed by atoms with Gasteiger partial charge in [0, 0.05) is 32.5 Å². The normalized spacial score (nSPS) is 13.1. The second kappa shape index (κ2) is 13.8. The van der Waals surface area contributed by atoms with E-state index in [2.05, 4.69) is 64.6 Å². The van der Waals surface area contributed by atoms with Crippen LogP contribution in [-0.2, 0) is 20.1 Å². The minimum Gasteiger partial charge on any atom is -0.305 e. The zero-order valence-electron chi connectivity index (χ0n) is 20.8. The first-order chi connectivity index (χ1) is 17.9. The van der Waals surface area contributed by atoms with Crippen LogP contribution < -0.4 is 0 Å². The number of rotatable bonds is 4. The zero-order valence-corrected chi connectivity index (χ0v) is 23.2. The van der Waals surface area contributed by atoms with Crippen molar-refractivity contribution >= 4 is 0 Å². The Labute approximate surface area is 234 Å². The molecule has 2 aromatic heterocycles. The minimum absolute atomic E-state index is 0. The molecule has 37 heavy (non-hydrogen) atoms. The van der Waals surface area contributed by atoms with Gasteiger partial charge in [0.25, 0.3) is 0 Å². The Morgan fingerprint density at radius 1 is 0.568 bits per heavy atom. The van der Waals surface area contributed by atoms with Crippen LogP contribution in [0.25, 0.3) is 33.6 Å². The van der Waals surface area contributed by atoms with E-state index in [4.69, 9.17) is 0 Å². The van der Waals surface area contributed by atoms with Crippen LogP contribution in [0, 0.1) is 12.1 Å². The van der Waals surface area contributed by atoms with E-state index in [1.165, 1.54) is 48.8 Å². The maximum atomic E-state index is 4.49. The molecular formula is C34H30IrN2-2. The average molecular weight is 659 g/mol. The summed E-state index contributed by atoms with van der Waals surface area (Å²) in [5, 5.41) is 0. The quantitative estimate of drug-likeness (QED) is 0.181. The maximum absolute atomic E-state index is 4.49.